The molecule has 0 aliphatic rings. The Morgan fingerprint density at radius 3 is 2.83 bits per heavy atom. The lowest BCUT2D eigenvalue weighted by Crippen LogP contribution is -2.09. The highest BCUT2D eigenvalue weighted by Gasteiger charge is 2.15. The number of methoxy groups -OCH3 is 1. The van der Waals surface area contributed by atoms with Gasteiger partial charge in [-0.15, -0.1) is 10.2 Å². The second-order valence-electron chi connectivity index (χ2n) is 3.81. The third-order valence-corrected chi connectivity index (χ3v) is 2.44. The molecule has 0 spiro atoms. The molecule has 96 valence electrons. The van der Waals surface area contributed by atoms with Gasteiger partial charge in [-0.25, -0.2) is 0 Å². The molecule has 0 unspecified atom stereocenters. The third-order valence-electron chi connectivity index (χ3n) is 2.44. The Balaban J connectivity index is 2.18. The van der Waals surface area contributed by atoms with Gasteiger partial charge in [0.05, 0.1) is 13.2 Å². The van der Waals surface area contributed by atoms with Crippen molar-refractivity contribution < 1.29 is 9.26 Å². The summed E-state index contributed by atoms with van der Waals surface area (Å²) < 4.78 is 10.0. The van der Waals surface area contributed by atoms with E-state index in [1.165, 1.54) is 7.11 Å². The quantitative estimate of drug-likeness (QED) is 0.853. The van der Waals surface area contributed by atoms with Crippen molar-refractivity contribution >= 4 is 0 Å². The van der Waals surface area contributed by atoms with E-state index >= 15 is 0 Å². The summed E-state index contributed by atoms with van der Waals surface area (Å²) in [4.78, 5) is 4.21. The van der Waals surface area contributed by atoms with Crippen LogP contribution >= 0.6 is 0 Å². The molecule has 2 heterocycles. The van der Waals surface area contributed by atoms with Crippen LogP contribution in [-0.2, 0) is 0 Å². The summed E-state index contributed by atoms with van der Waals surface area (Å²) in [7, 11) is 1.53. The summed E-state index contributed by atoms with van der Waals surface area (Å²) in [5.41, 5.74) is 6.41. The molecule has 18 heavy (non-hydrogen) atoms. The van der Waals surface area contributed by atoms with Crippen molar-refractivity contribution in [2.24, 2.45) is 5.73 Å². The fraction of sp³-hybridized carbons (Fsp3) is 0.455. The lowest BCUT2D eigenvalue weighted by molar-refractivity contribution is 0.348. The molecule has 0 bridgehead atoms. The van der Waals surface area contributed by atoms with E-state index in [4.69, 9.17) is 15.0 Å². The zero-order chi connectivity index (χ0) is 13.0. The van der Waals surface area contributed by atoms with Gasteiger partial charge in [-0.3, -0.25) is 0 Å². The number of nitrogens with two attached hydrogens (primary N) is 1. The fourth-order valence-corrected chi connectivity index (χ4v) is 1.47. The lowest BCUT2D eigenvalue weighted by atomic mass is 10.2. The highest BCUT2D eigenvalue weighted by Crippen LogP contribution is 2.18. The monoisotopic (exact) mass is 249 g/mol. The maximum absolute atomic E-state index is 5.89. The third kappa shape index (κ3) is 2.62. The molecular formula is C11H15N5O2. The molecule has 1 atom stereocenters. The van der Waals surface area contributed by atoms with Crippen LogP contribution in [0.5, 0.6) is 5.88 Å². The summed E-state index contributed by atoms with van der Waals surface area (Å²) in [6.07, 6.45) is 1.76. The Bertz CT molecular complexity index is 496. The first-order valence-corrected chi connectivity index (χ1v) is 5.72. The van der Waals surface area contributed by atoms with Crippen LogP contribution in [0, 0.1) is 0 Å². The van der Waals surface area contributed by atoms with Crippen molar-refractivity contribution in [2.75, 3.05) is 7.11 Å². The summed E-state index contributed by atoms with van der Waals surface area (Å²) >= 11 is 0. The molecule has 0 fully saturated rings. The Labute approximate surface area is 104 Å². The van der Waals surface area contributed by atoms with E-state index in [0.717, 1.165) is 12.8 Å². The minimum Gasteiger partial charge on any atom is -0.480 e. The zero-order valence-corrected chi connectivity index (χ0v) is 10.3. The van der Waals surface area contributed by atoms with Gasteiger partial charge in [0.15, 0.2) is 0 Å². The molecule has 2 aromatic rings. The molecule has 2 N–H and O–H groups in total. The molecule has 0 saturated carbocycles. The normalized spacial score (nSPS) is 12.4. The zero-order valence-electron chi connectivity index (χ0n) is 10.3. The summed E-state index contributed by atoms with van der Waals surface area (Å²) in [6, 6.07) is 3.17. The van der Waals surface area contributed by atoms with E-state index in [1.807, 2.05) is 6.92 Å². The summed E-state index contributed by atoms with van der Waals surface area (Å²) in [5.74, 6) is 1.24. The van der Waals surface area contributed by atoms with E-state index in [2.05, 4.69) is 20.3 Å². The van der Waals surface area contributed by atoms with Crippen LogP contribution in [0.15, 0.2) is 16.7 Å². The number of hydrogen-bond donors (Lipinski definition) is 1. The van der Waals surface area contributed by atoms with Crippen LogP contribution in [-0.4, -0.2) is 27.4 Å². The van der Waals surface area contributed by atoms with Crippen LogP contribution in [0.25, 0.3) is 11.5 Å². The summed E-state index contributed by atoms with van der Waals surface area (Å²) in [6.45, 7) is 2.05. The minimum atomic E-state index is -0.234. The van der Waals surface area contributed by atoms with Crippen LogP contribution in [0.4, 0.5) is 0 Å². The van der Waals surface area contributed by atoms with Crippen molar-refractivity contribution in [1.82, 2.24) is 20.3 Å². The Kier molecular flexibility index (Phi) is 3.83. The Morgan fingerprint density at radius 1 is 1.39 bits per heavy atom. The average molecular weight is 249 g/mol. The first kappa shape index (κ1) is 12.4. The van der Waals surface area contributed by atoms with Crippen molar-refractivity contribution in [3.8, 4) is 17.4 Å². The molecule has 0 saturated heterocycles. The van der Waals surface area contributed by atoms with Crippen LogP contribution < -0.4 is 10.5 Å². The summed E-state index contributed by atoms with van der Waals surface area (Å²) in [5, 5.41) is 11.6. The molecule has 0 aliphatic heterocycles. The smallest absolute Gasteiger partial charge is 0.243 e. The SMILES string of the molecule is CCC[C@@H](N)c1nc(-c2ccc(OC)nn2)no1. The maximum Gasteiger partial charge on any atom is 0.243 e. The van der Waals surface area contributed by atoms with Crippen molar-refractivity contribution in [2.45, 2.75) is 25.8 Å². The topological polar surface area (TPSA) is 100.0 Å². The minimum absolute atomic E-state index is 0.234. The molecule has 0 aromatic carbocycles. The van der Waals surface area contributed by atoms with Gasteiger partial charge in [0.25, 0.3) is 0 Å². The average Bonchev–Trinajstić information content (AvgIpc) is 2.89. The number of nitrogens with zero attached hydrogens (tertiary/aromatic N) is 4. The molecule has 2 rings (SSSR count). The molecule has 0 aliphatic carbocycles. The van der Waals surface area contributed by atoms with Gasteiger partial charge in [0.2, 0.25) is 17.6 Å². The fourth-order valence-electron chi connectivity index (χ4n) is 1.47. The van der Waals surface area contributed by atoms with Gasteiger partial charge in [0.1, 0.15) is 5.69 Å². The van der Waals surface area contributed by atoms with E-state index in [1.54, 1.807) is 12.1 Å². The second-order valence-corrected chi connectivity index (χ2v) is 3.81. The van der Waals surface area contributed by atoms with Gasteiger partial charge >= 0.3 is 0 Å². The largest absolute Gasteiger partial charge is 0.480 e. The molecule has 2 aromatic heterocycles. The van der Waals surface area contributed by atoms with Crippen molar-refractivity contribution in [1.29, 1.82) is 0 Å². The van der Waals surface area contributed by atoms with E-state index in [9.17, 15) is 0 Å². The van der Waals surface area contributed by atoms with Crippen LogP contribution in [0.1, 0.15) is 31.7 Å². The van der Waals surface area contributed by atoms with Gasteiger partial charge < -0.3 is 15.0 Å². The number of hydrogen-bond acceptors (Lipinski definition) is 7. The van der Waals surface area contributed by atoms with E-state index in [0.29, 0.717) is 23.3 Å². The molecular weight excluding hydrogens is 234 g/mol. The van der Waals surface area contributed by atoms with Crippen LogP contribution in [0.3, 0.4) is 0 Å². The van der Waals surface area contributed by atoms with Gasteiger partial charge in [0, 0.05) is 6.07 Å². The van der Waals surface area contributed by atoms with Gasteiger partial charge in [-0.2, -0.15) is 4.98 Å². The van der Waals surface area contributed by atoms with Gasteiger partial charge in [-0.1, -0.05) is 18.5 Å². The first-order valence-electron chi connectivity index (χ1n) is 5.72. The van der Waals surface area contributed by atoms with E-state index < -0.39 is 0 Å². The molecule has 7 nitrogen and oxygen atoms in total. The molecule has 0 radical (unpaired) electrons. The number of aromatic nitrogens is 4. The Hall–Kier alpha value is -2.02. The Morgan fingerprint density at radius 2 is 2.22 bits per heavy atom. The molecule has 7 heteroatoms. The van der Waals surface area contributed by atoms with Crippen LogP contribution in [0.2, 0.25) is 0 Å². The highest BCUT2D eigenvalue weighted by atomic mass is 16.5. The number of rotatable bonds is 5. The first-order chi connectivity index (χ1) is 8.74. The standard InChI is InChI=1S/C11H15N5O2/c1-3-4-7(12)11-13-10(16-18-11)8-5-6-9(17-2)15-14-8/h5-7H,3-4,12H2,1-2H3/t7-/m1/s1. The lowest BCUT2D eigenvalue weighted by Gasteiger charge is -2.02. The van der Waals surface area contributed by atoms with Crippen molar-refractivity contribution in [3.63, 3.8) is 0 Å². The molecule has 0 amide bonds. The van der Waals surface area contributed by atoms with Crippen molar-refractivity contribution in [3.05, 3.63) is 18.0 Å². The second kappa shape index (κ2) is 5.54. The predicted octanol–water partition coefficient (Wildman–Crippen LogP) is 1.34. The maximum atomic E-state index is 5.89. The predicted molar refractivity (Wildman–Crippen MR) is 63.7 cm³/mol. The van der Waals surface area contributed by atoms with Gasteiger partial charge in [-0.05, 0) is 12.5 Å². The highest BCUT2D eigenvalue weighted by molar-refractivity contribution is 5.47. The number of ether oxygens (including phenoxy) is 1. The van der Waals surface area contributed by atoms with E-state index in [-0.39, 0.29) is 6.04 Å².